The number of fused-ring (bicyclic) bond motifs is 1. The second-order valence-electron chi connectivity index (χ2n) is 7.77. The fraction of sp³-hybridized carbons (Fsp3) is 0.524. The topological polar surface area (TPSA) is 38.2 Å². The van der Waals surface area contributed by atoms with Crippen molar-refractivity contribution in [2.75, 3.05) is 25.4 Å². The lowest BCUT2D eigenvalue weighted by Gasteiger charge is -2.32. The molecule has 0 spiro atoms. The maximum atomic E-state index is 6.05. The first kappa shape index (κ1) is 18.0. The molecule has 1 aromatic heterocycles. The monoisotopic (exact) mass is 369 g/mol. The van der Waals surface area contributed by atoms with E-state index in [9.17, 15) is 0 Å². The van der Waals surface area contributed by atoms with Gasteiger partial charge in [0.15, 0.2) is 5.82 Å². The van der Waals surface area contributed by atoms with Crippen LogP contribution < -0.4 is 0 Å². The standard InChI is InChI=1S/C21H27N3OS/c1-21(2)14-18-17(15-25-21)20(26-13-12-24-10-6-7-11-24)23-19(22-18)16-8-4-3-5-9-16/h3-5,8-9H,6-7,10-15H2,1-2H3. The maximum absolute atomic E-state index is 6.05. The molecular formula is C21H27N3OS. The summed E-state index contributed by atoms with van der Waals surface area (Å²) in [5.74, 6) is 1.91. The highest BCUT2D eigenvalue weighted by Crippen LogP contribution is 2.34. The van der Waals surface area contributed by atoms with Crippen molar-refractivity contribution < 1.29 is 4.74 Å². The van der Waals surface area contributed by atoms with E-state index in [1.807, 2.05) is 30.0 Å². The van der Waals surface area contributed by atoms with Gasteiger partial charge < -0.3 is 9.64 Å². The molecule has 26 heavy (non-hydrogen) atoms. The molecule has 0 atom stereocenters. The molecule has 4 rings (SSSR count). The molecule has 0 radical (unpaired) electrons. The Morgan fingerprint density at radius 3 is 2.65 bits per heavy atom. The summed E-state index contributed by atoms with van der Waals surface area (Å²) in [6.07, 6.45) is 3.52. The molecule has 5 heteroatoms. The normalized spacial score (nSPS) is 19.5. The summed E-state index contributed by atoms with van der Waals surface area (Å²) in [5, 5.41) is 1.10. The van der Waals surface area contributed by atoms with Gasteiger partial charge in [-0.2, -0.15) is 0 Å². The highest BCUT2D eigenvalue weighted by molar-refractivity contribution is 7.99. The second-order valence-corrected chi connectivity index (χ2v) is 8.85. The molecule has 4 nitrogen and oxygen atoms in total. The van der Waals surface area contributed by atoms with Crippen molar-refractivity contribution in [1.82, 2.24) is 14.9 Å². The van der Waals surface area contributed by atoms with Crippen molar-refractivity contribution in [1.29, 1.82) is 0 Å². The van der Waals surface area contributed by atoms with Gasteiger partial charge in [-0.05, 0) is 39.8 Å². The zero-order valence-electron chi connectivity index (χ0n) is 15.7. The van der Waals surface area contributed by atoms with Gasteiger partial charge in [-0.3, -0.25) is 0 Å². The lowest BCUT2D eigenvalue weighted by Crippen LogP contribution is -2.33. The van der Waals surface area contributed by atoms with E-state index in [0.717, 1.165) is 40.8 Å². The number of thioether (sulfide) groups is 1. The summed E-state index contributed by atoms with van der Waals surface area (Å²) in [6, 6.07) is 10.3. The van der Waals surface area contributed by atoms with Crippen LogP contribution >= 0.6 is 11.8 Å². The first-order chi connectivity index (χ1) is 12.6. The first-order valence-electron chi connectivity index (χ1n) is 9.55. The highest BCUT2D eigenvalue weighted by Gasteiger charge is 2.30. The summed E-state index contributed by atoms with van der Waals surface area (Å²) >= 11 is 1.86. The van der Waals surface area contributed by atoms with Gasteiger partial charge in [0.05, 0.1) is 17.9 Å². The number of aromatic nitrogens is 2. The van der Waals surface area contributed by atoms with Gasteiger partial charge in [-0.15, -0.1) is 11.8 Å². The lowest BCUT2D eigenvalue weighted by atomic mass is 9.96. The summed E-state index contributed by atoms with van der Waals surface area (Å²) in [6.45, 7) is 8.52. The van der Waals surface area contributed by atoms with Crippen molar-refractivity contribution in [3.05, 3.63) is 41.6 Å². The smallest absolute Gasteiger partial charge is 0.160 e. The van der Waals surface area contributed by atoms with Gasteiger partial charge in [0, 0.05) is 29.8 Å². The molecule has 0 bridgehead atoms. The lowest BCUT2D eigenvalue weighted by molar-refractivity contribution is -0.0428. The van der Waals surface area contributed by atoms with E-state index < -0.39 is 0 Å². The molecule has 0 N–H and O–H groups in total. The first-order valence-corrected chi connectivity index (χ1v) is 10.5. The summed E-state index contributed by atoms with van der Waals surface area (Å²) in [5.41, 5.74) is 3.27. The van der Waals surface area contributed by atoms with E-state index >= 15 is 0 Å². The third kappa shape index (κ3) is 4.11. The van der Waals surface area contributed by atoms with Crippen LogP contribution in [0.5, 0.6) is 0 Å². The number of benzene rings is 1. The van der Waals surface area contributed by atoms with Crippen LogP contribution in [-0.2, 0) is 17.8 Å². The minimum absolute atomic E-state index is 0.160. The van der Waals surface area contributed by atoms with E-state index in [0.29, 0.717) is 6.61 Å². The number of hydrogen-bond donors (Lipinski definition) is 0. The maximum Gasteiger partial charge on any atom is 0.160 e. The number of ether oxygens (including phenoxy) is 1. The van der Waals surface area contributed by atoms with Crippen molar-refractivity contribution >= 4 is 11.8 Å². The Balaban J connectivity index is 1.60. The SMILES string of the molecule is CC1(C)Cc2nc(-c3ccccc3)nc(SCCN3CCCC3)c2CO1. The third-order valence-electron chi connectivity index (χ3n) is 5.13. The van der Waals surface area contributed by atoms with E-state index in [-0.39, 0.29) is 5.60 Å². The second kappa shape index (κ2) is 7.67. The van der Waals surface area contributed by atoms with Crippen LogP contribution in [0, 0.1) is 0 Å². The predicted octanol–water partition coefficient (Wildman–Crippen LogP) is 4.18. The van der Waals surface area contributed by atoms with Crippen LogP contribution in [0.3, 0.4) is 0 Å². The summed E-state index contributed by atoms with van der Waals surface area (Å²) < 4.78 is 6.05. The predicted molar refractivity (Wildman–Crippen MR) is 106 cm³/mol. The van der Waals surface area contributed by atoms with Crippen LogP contribution in [0.1, 0.15) is 37.9 Å². The Hall–Kier alpha value is -1.43. The van der Waals surface area contributed by atoms with Gasteiger partial charge >= 0.3 is 0 Å². The molecule has 0 saturated carbocycles. The quantitative estimate of drug-likeness (QED) is 0.584. The van der Waals surface area contributed by atoms with E-state index in [1.54, 1.807) is 0 Å². The Morgan fingerprint density at radius 1 is 1.12 bits per heavy atom. The average Bonchev–Trinajstić information content (AvgIpc) is 3.14. The molecule has 1 fully saturated rings. The zero-order chi connectivity index (χ0) is 18.0. The van der Waals surface area contributed by atoms with Gasteiger partial charge in [0.1, 0.15) is 5.03 Å². The molecule has 3 heterocycles. The Labute approximate surface area is 160 Å². The Morgan fingerprint density at radius 2 is 1.88 bits per heavy atom. The van der Waals surface area contributed by atoms with Crippen LogP contribution in [-0.4, -0.2) is 45.9 Å². The molecule has 2 aliphatic rings. The van der Waals surface area contributed by atoms with E-state index in [4.69, 9.17) is 14.7 Å². The molecule has 0 amide bonds. The Kier molecular flexibility index (Phi) is 5.30. The fourth-order valence-electron chi connectivity index (χ4n) is 3.63. The van der Waals surface area contributed by atoms with Gasteiger partial charge in [-0.1, -0.05) is 30.3 Å². The minimum Gasteiger partial charge on any atom is -0.370 e. The van der Waals surface area contributed by atoms with Crippen LogP contribution in [0.2, 0.25) is 0 Å². The summed E-state index contributed by atoms with van der Waals surface area (Å²) in [4.78, 5) is 12.4. The fourth-order valence-corrected chi connectivity index (χ4v) is 4.68. The highest BCUT2D eigenvalue weighted by atomic mass is 32.2. The molecule has 0 unspecified atom stereocenters. The van der Waals surface area contributed by atoms with Crippen molar-refractivity contribution in [3.8, 4) is 11.4 Å². The summed E-state index contributed by atoms with van der Waals surface area (Å²) in [7, 11) is 0. The molecule has 138 valence electrons. The molecule has 0 aliphatic carbocycles. The molecule has 1 aromatic carbocycles. The van der Waals surface area contributed by atoms with Gasteiger partial charge in [0.25, 0.3) is 0 Å². The number of hydrogen-bond acceptors (Lipinski definition) is 5. The van der Waals surface area contributed by atoms with Gasteiger partial charge in [0.2, 0.25) is 0 Å². The van der Waals surface area contributed by atoms with Crippen LogP contribution in [0.15, 0.2) is 35.4 Å². The minimum atomic E-state index is -0.160. The van der Waals surface area contributed by atoms with Crippen molar-refractivity contribution in [3.63, 3.8) is 0 Å². The van der Waals surface area contributed by atoms with E-state index in [2.05, 4.69) is 30.9 Å². The molecule has 1 saturated heterocycles. The molecule has 2 aliphatic heterocycles. The van der Waals surface area contributed by atoms with Gasteiger partial charge in [-0.25, -0.2) is 9.97 Å². The Bertz CT molecular complexity index is 757. The largest absolute Gasteiger partial charge is 0.370 e. The molecule has 2 aromatic rings. The van der Waals surface area contributed by atoms with Crippen LogP contribution in [0.4, 0.5) is 0 Å². The zero-order valence-corrected chi connectivity index (χ0v) is 16.5. The van der Waals surface area contributed by atoms with Crippen molar-refractivity contribution in [2.45, 2.75) is 50.3 Å². The van der Waals surface area contributed by atoms with Crippen LogP contribution in [0.25, 0.3) is 11.4 Å². The number of likely N-dealkylation sites (tertiary alicyclic amines) is 1. The third-order valence-corrected chi connectivity index (χ3v) is 6.13. The number of nitrogens with zero attached hydrogens (tertiary/aromatic N) is 3. The molecular weight excluding hydrogens is 342 g/mol. The van der Waals surface area contributed by atoms with E-state index in [1.165, 1.54) is 31.5 Å². The van der Waals surface area contributed by atoms with Crippen molar-refractivity contribution in [2.24, 2.45) is 0 Å². The number of rotatable bonds is 5. The average molecular weight is 370 g/mol.